The van der Waals surface area contributed by atoms with Crippen molar-refractivity contribution >= 4 is 40.9 Å². The van der Waals surface area contributed by atoms with E-state index in [1.807, 2.05) is 80.6 Å². The van der Waals surface area contributed by atoms with E-state index in [0.29, 0.717) is 29.2 Å². The van der Waals surface area contributed by atoms with E-state index in [1.165, 1.54) is 0 Å². The number of benzene rings is 3. The maximum absolute atomic E-state index is 12.9. The van der Waals surface area contributed by atoms with E-state index >= 15 is 0 Å². The van der Waals surface area contributed by atoms with Gasteiger partial charge in [0.05, 0.1) is 5.02 Å². The van der Waals surface area contributed by atoms with E-state index in [1.54, 1.807) is 12.1 Å². The molecule has 3 N–H and O–H groups in total. The highest BCUT2D eigenvalue weighted by atomic mass is 35.5. The molecule has 0 bridgehead atoms. The van der Waals surface area contributed by atoms with Gasteiger partial charge in [-0.05, 0) is 49.2 Å². The summed E-state index contributed by atoms with van der Waals surface area (Å²) in [6.45, 7) is 4.78. The van der Waals surface area contributed by atoms with Crippen LogP contribution in [-0.4, -0.2) is 24.9 Å². The van der Waals surface area contributed by atoms with Gasteiger partial charge in [0.15, 0.2) is 5.78 Å². The Bertz CT molecular complexity index is 1140. The molecule has 0 heterocycles. The van der Waals surface area contributed by atoms with Crippen LogP contribution in [0, 0.1) is 6.92 Å². The van der Waals surface area contributed by atoms with Gasteiger partial charge in [0.1, 0.15) is 0 Å². The Morgan fingerprint density at radius 1 is 0.938 bits per heavy atom. The van der Waals surface area contributed by atoms with E-state index in [9.17, 15) is 9.59 Å². The van der Waals surface area contributed by atoms with Crippen LogP contribution in [0.5, 0.6) is 0 Å². The van der Waals surface area contributed by atoms with Gasteiger partial charge < -0.3 is 16.0 Å². The molecule has 0 unspecified atom stereocenters. The van der Waals surface area contributed by atoms with Crippen LogP contribution < -0.4 is 16.0 Å². The second-order valence-corrected chi connectivity index (χ2v) is 7.60. The molecule has 5 nitrogen and oxygen atoms in total. The molecule has 0 aliphatic carbocycles. The van der Waals surface area contributed by atoms with Crippen molar-refractivity contribution in [2.45, 2.75) is 13.8 Å². The zero-order valence-corrected chi connectivity index (χ0v) is 18.9. The number of hydrogen-bond donors (Lipinski definition) is 3. The Morgan fingerprint density at radius 2 is 1.69 bits per heavy atom. The zero-order chi connectivity index (χ0) is 22.9. The molecule has 0 aliphatic rings. The molecule has 0 saturated heterocycles. The largest absolute Gasteiger partial charge is 0.355 e. The predicted molar refractivity (Wildman–Crippen MR) is 132 cm³/mol. The molecule has 3 aromatic carbocycles. The highest BCUT2D eigenvalue weighted by molar-refractivity contribution is 6.35. The predicted octanol–water partition coefficient (Wildman–Crippen LogP) is 5.96. The molecule has 0 radical (unpaired) electrons. The first kappa shape index (κ1) is 23.1. The smallest absolute Gasteiger partial charge is 0.315 e. The van der Waals surface area contributed by atoms with Gasteiger partial charge in [0.2, 0.25) is 0 Å². The fourth-order valence-electron chi connectivity index (χ4n) is 3.22. The molecular weight excluding hydrogens is 422 g/mol. The average molecular weight is 448 g/mol. The second-order valence-electron chi connectivity index (χ2n) is 7.19. The molecule has 2 amide bonds. The number of amides is 2. The fourth-order valence-corrected chi connectivity index (χ4v) is 3.49. The quantitative estimate of drug-likeness (QED) is 0.373. The monoisotopic (exact) mass is 447 g/mol. The molecule has 0 fully saturated rings. The van der Waals surface area contributed by atoms with Crippen molar-refractivity contribution in [3.8, 4) is 0 Å². The number of urea groups is 1. The minimum absolute atomic E-state index is 0.0948. The SMILES string of the molecule is CCNC(=O)NCC=Cc1ccccc1Nc1ccc(C(=O)c2ccccc2C)c(Cl)c1. The van der Waals surface area contributed by atoms with Crippen molar-refractivity contribution in [3.05, 3.63) is 100 Å². The highest BCUT2D eigenvalue weighted by Gasteiger charge is 2.15. The van der Waals surface area contributed by atoms with Gasteiger partial charge in [0.25, 0.3) is 0 Å². The number of ketones is 1. The number of carbonyl (C=O) groups is 2. The van der Waals surface area contributed by atoms with Crippen LogP contribution in [0.1, 0.15) is 34.0 Å². The molecule has 3 rings (SSSR count). The Hall–Kier alpha value is -3.57. The van der Waals surface area contributed by atoms with E-state index in [2.05, 4.69) is 16.0 Å². The maximum atomic E-state index is 12.9. The molecular formula is C26H26ClN3O2. The van der Waals surface area contributed by atoms with Crippen molar-refractivity contribution in [1.82, 2.24) is 10.6 Å². The fraction of sp³-hybridized carbons (Fsp3) is 0.154. The normalized spacial score (nSPS) is 10.7. The van der Waals surface area contributed by atoms with Gasteiger partial charge >= 0.3 is 6.03 Å². The molecule has 3 aromatic rings. The number of aryl methyl sites for hydroxylation is 1. The van der Waals surface area contributed by atoms with Crippen LogP contribution in [0.2, 0.25) is 5.02 Å². The lowest BCUT2D eigenvalue weighted by atomic mass is 9.99. The van der Waals surface area contributed by atoms with Gasteiger partial charge in [-0.15, -0.1) is 0 Å². The van der Waals surface area contributed by atoms with Crippen LogP contribution in [0.4, 0.5) is 16.2 Å². The van der Waals surface area contributed by atoms with Crippen molar-refractivity contribution in [2.75, 3.05) is 18.4 Å². The second kappa shape index (κ2) is 11.2. The molecule has 0 saturated carbocycles. The summed E-state index contributed by atoms with van der Waals surface area (Å²) in [5.41, 5.74) is 4.65. The van der Waals surface area contributed by atoms with E-state index in [-0.39, 0.29) is 11.8 Å². The van der Waals surface area contributed by atoms with Gasteiger partial charge in [0, 0.05) is 35.6 Å². The summed E-state index contributed by atoms with van der Waals surface area (Å²) in [4.78, 5) is 24.4. The van der Waals surface area contributed by atoms with Crippen LogP contribution in [-0.2, 0) is 0 Å². The number of rotatable bonds is 8. The summed E-state index contributed by atoms with van der Waals surface area (Å²) < 4.78 is 0. The van der Waals surface area contributed by atoms with Crippen LogP contribution in [0.3, 0.4) is 0 Å². The number of anilines is 2. The Labute approximate surface area is 193 Å². The number of nitrogens with one attached hydrogen (secondary N) is 3. The number of para-hydroxylation sites is 1. The summed E-state index contributed by atoms with van der Waals surface area (Å²) in [6.07, 6.45) is 3.82. The molecule has 0 spiro atoms. The minimum atomic E-state index is -0.196. The van der Waals surface area contributed by atoms with Crippen LogP contribution in [0.25, 0.3) is 6.08 Å². The lowest BCUT2D eigenvalue weighted by Crippen LogP contribution is -2.35. The summed E-state index contributed by atoms with van der Waals surface area (Å²) >= 11 is 6.47. The minimum Gasteiger partial charge on any atom is -0.355 e. The number of halogens is 1. The Balaban J connectivity index is 1.73. The molecule has 0 atom stereocenters. The molecule has 164 valence electrons. The van der Waals surface area contributed by atoms with Crippen molar-refractivity contribution in [2.24, 2.45) is 0 Å². The van der Waals surface area contributed by atoms with E-state index in [4.69, 9.17) is 11.6 Å². The third-order valence-corrected chi connectivity index (χ3v) is 5.17. The molecule has 6 heteroatoms. The number of carbonyl (C=O) groups excluding carboxylic acids is 2. The van der Waals surface area contributed by atoms with Crippen LogP contribution >= 0.6 is 11.6 Å². The van der Waals surface area contributed by atoms with Gasteiger partial charge in [-0.3, -0.25) is 4.79 Å². The standard InChI is InChI=1S/C26H26ClN3O2/c1-3-28-26(32)29-16-8-11-19-10-5-7-13-24(19)30-20-14-15-22(23(27)17-20)25(31)21-12-6-4-9-18(21)2/h4-15,17,30H,3,16H2,1-2H3,(H2,28,29,32). The Kier molecular flexibility index (Phi) is 8.06. The lowest BCUT2D eigenvalue weighted by Gasteiger charge is -2.12. The molecule has 0 aliphatic heterocycles. The summed E-state index contributed by atoms with van der Waals surface area (Å²) in [6, 6.07) is 20.4. The zero-order valence-electron chi connectivity index (χ0n) is 18.1. The molecule has 0 aromatic heterocycles. The van der Waals surface area contributed by atoms with Gasteiger partial charge in [-0.2, -0.15) is 0 Å². The lowest BCUT2D eigenvalue weighted by molar-refractivity contribution is 0.103. The first-order valence-corrected chi connectivity index (χ1v) is 10.8. The summed E-state index contributed by atoms with van der Waals surface area (Å²) in [7, 11) is 0. The average Bonchev–Trinajstić information content (AvgIpc) is 2.78. The summed E-state index contributed by atoms with van der Waals surface area (Å²) in [5, 5.41) is 9.19. The highest BCUT2D eigenvalue weighted by Crippen LogP contribution is 2.28. The third kappa shape index (κ3) is 5.99. The van der Waals surface area contributed by atoms with Crippen molar-refractivity contribution in [3.63, 3.8) is 0 Å². The summed E-state index contributed by atoms with van der Waals surface area (Å²) in [5.74, 6) is -0.0948. The van der Waals surface area contributed by atoms with E-state index in [0.717, 1.165) is 22.5 Å². The van der Waals surface area contributed by atoms with E-state index < -0.39 is 0 Å². The van der Waals surface area contributed by atoms with Crippen LogP contribution in [0.15, 0.2) is 72.8 Å². The van der Waals surface area contributed by atoms with Gasteiger partial charge in [-0.25, -0.2) is 4.79 Å². The third-order valence-electron chi connectivity index (χ3n) is 4.86. The van der Waals surface area contributed by atoms with Crippen molar-refractivity contribution in [1.29, 1.82) is 0 Å². The van der Waals surface area contributed by atoms with Gasteiger partial charge in [-0.1, -0.05) is 66.2 Å². The molecule has 32 heavy (non-hydrogen) atoms. The topological polar surface area (TPSA) is 70.2 Å². The Morgan fingerprint density at radius 3 is 2.44 bits per heavy atom. The maximum Gasteiger partial charge on any atom is 0.315 e. The first-order chi connectivity index (χ1) is 15.5. The first-order valence-electron chi connectivity index (χ1n) is 10.4. The number of hydrogen-bond acceptors (Lipinski definition) is 3. The van der Waals surface area contributed by atoms with Crippen molar-refractivity contribution < 1.29 is 9.59 Å².